The summed E-state index contributed by atoms with van der Waals surface area (Å²) in [6.07, 6.45) is 3.39. The van der Waals surface area contributed by atoms with Crippen LogP contribution < -0.4 is 0 Å². The number of likely N-dealkylation sites (tertiary alicyclic amines) is 1. The number of aliphatic hydroxyl groups excluding tert-OH is 1. The molecule has 3 heteroatoms. The van der Waals surface area contributed by atoms with Crippen LogP contribution in [-0.2, 0) is 4.79 Å². The second kappa shape index (κ2) is 3.72. The van der Waals surface area contributed by atoms with Crippen molar-refractivity contribution in [2.24, 2.45) is 0 Å². The topological polar surface area (TPSA) is 40.5 Å². The fraction of sp³-hybridized carbons (Fsp3) is 0.875. The zero-order chi connectivity index (χ0) is 8.27. The molecular formula is C8H15NO2. The minimum absolute atomic E-state index is 0.0144. The smallest absolute Gasteiger partial charge is 0.221 e. The Balaban J connectivity index is 2.52. The van der Waals surface area contributed by atoms with Crippen molar-refractivity contribution in [3.05, 3.63) is 0 Å². The van der Waals surface area contributed by atoms with Crippen molar-refractivity contribution in [1.29, 1.82) is 0 Å². The van der Waals surface area contributed by atoms with E-state index >= 15 is 0 Å². The molecule has 0 aromatic heterocycles. The molecule has 1 N–H and O–H groups in total. The van der Waals surface area contributed by atoms with E-state index in [2.05, 4.69) is 0 Å². The van der Waals surface area contributed by atoms with Gasteiger partial charge in [-0.05, 0) is 19.3 Å². The summed E-state index contributed by atoms with van der Waals surface area (Å²) in [4.78, 5) is 12.5. The van der Waals surface area contributed by atoms with Crippen LogP contribution in [-0.4, -0.2) is 28.7 Å². The highest BCUT2D eigenvalue weighted by atomic mass is 16.3. The van der Waals surface area contributed by atoms with Gasteiger partial charge in [0.1, 0.15) is 6.23 Å². The van der Waals surface area contributed by atoms with Crippen LogP contribution in [0.5, 0.6) is 0 Å². The molecule has 1 unspecified atom stereocenters. The molecule has 0 aromatic rings. The maximum Gasteiger partial charge on any atom is 0.221 e. The van der Waals surface area contributed by atoms with Crippen molar-refractivity contribution in [2.45, 2.75) is 38.8 Å². The Labute approximate surface area is 67.0 Å². The Hall–Kier alpha value is -0.570. The summed E-state index contributed by atoms with van der Waals surface area (Å²) in [6.45, 7) is 2.23. The van der Waals surface area contributed by atoms with Gasteiger partial charge < -0.3 is 10.0 Å². The van der Waals surface area contributed by atoms with E-state index in [1.807, 2.05) is 0 Å². The van der Waals surface area contributed by atoms with Crippen molar-refractivity contribution >= 4 is 5.91 Å². The highest BCUT2D eigenvalue weighted by molar-refractivity contribution is 5.73. The summed E-state index contributed by atoms with van der Waals surface area (Å²) in [5.74, 6) is -0.0144. The van der Waals surface area contributed by atoms with E-state index < -0.39 is 6.23 Å². The van der Waals surface area contributed by atoms with Crippen molar-refractivity contribution < 1.29 is 9.90 Å². The van der Waals surface area contributed by atoms with E-state index in [0.717, 1.165) is 32.2 Å². The van der Waals surface area contributed by atoms with E-state index in [1.165, 1.54) is 6.92 Å². The molecule has 1 aliphatic rings. The quantitative estimate of drug-likeness (QED) is 0.563. The molecule has 1 fully saturated rings. The molecule has 1 amide bonds. The molecule has 0 radical (unpaired) electrons. The molecule has 0 saturated carbocycles. The summed E-state index contributed by atoms with van der Waals surface area (Å²) >= 11 is 0. The summed E-state index contributed by atoms with van der Waals surface area (Å²) < 4.78 is 0. The van der Waals surface area contributed by atoms with Crippen LogP contribution in [0.2, 0.25) is 0 Å². The van der Waals surface area contributed by atoms with Crippen LogP contribution >= 0.6 is 0 Å². The average Bonchev–Trinajstić information content (AvgIpc) is 2.13. The minimum atomic E-state index is -0.532. The van der Waals surface area contributed by atoms with Gasteiger partial charge in [-0.2, -0.15) is 0 Å². The molecule has 3 nitrogen and oxygen atoms in total. The van der Waals surface area contributed by atoms with Crippen LogP contribution in [0.3, 0.4) is 0 Å². The number of amides is 1. The Morgan fingerprint density at radius 1 is 1.45 bits per heavy atom. The lowest BCUT2D eigenvalue weighted by Crippen LogP contribution is -2.38. The monoisotopic (exact) mass is 157 g/mol. The normalized spacial score (nSPS) is 26.4. The zero-order valence-corrected chi connectivity index (χ0v) is 6.92. The van der Waals surface area contributed by atoms with E-state index in [-0.39, 0.29) is 5.91 Å². The SMILES string of the molecule is CC(=O)N1CCCCCC1O. The Bertz CT molecular complexity index is 147. The predicted octanol–water partition coefficient (Wildman–Crippen LogP) is 0.727. The Morgan fingerprint density at radius 3 is 2.82 bits per heavy atom. The van der Waals surface area contributed by atoms with Crippen LogP contribution in [0, 0.1) is 0 Å². The van der Waals surface area contributed by atoms with Gasteiger partial charge in [0, 0.05) is 13.5 Å². The fourth-order valence-electron chi connectivity index (χ4n) is 1.46. The van der Waals surface area contributed by atoms with Crippen LogP contribution in [0.25, 0.3) is 0 Å². The number of carbonyl (C=O) groups excluding carboxylic acids is 1. The van der Waals surface area contributed by atoms with E-state index in [9.17, 15) is 9.90 Å². The number of nitrogens with zero attached hydrogens (tertiary/aromatic N) is 1. The second-order valence-corrected chi connectivity index (χ2v) is 3.04. The van der Waals surface area contributed by atoms with E-state index in [4.69, 9.17) is 0 Å². The summed E-state index contributed by atoms with van der Waals surface area (Å²) in [6, 6.07) is 0. The van der Waals surface area contributed by atoms with Crippen LogP contribution in [0.1, 0.15) is 32.6 Å². The first kappa shape index (κ1) is 8.53. The van der Waals surface area contributed by atoms with Gasteiger partial charge in [-0.25, -0.2) is 0 Å². The average molecular weight is 157 g/mol. The summed E-state index contributed by atoms with van der Waals surface area (Å²) in [7, 11) is 0. The number of hydrogen-bond acceptors (Lipinski definition) is 2. The molecule has 1 saturated heterocycles. The van der Waals surface area contributed by atoms with Crippen molar-refractivity contribution in [3.8, 4) is 0 Å². The van der Waals surface area contributed by atoms with Gasteiger partial charge in [0.15, 0.2) is 0 Å². The lowest BCUT2D eigenvalue weighted by atomic mass is 10.2. The Morgan fingerprint density at radius 2 is 2.18 bits per heavy atom. The lowest BCUT2D eigenvalue weighted by Gasteiger charge is -2.23. The molecule has 1 rings (SSSR count). The molecule has 1 aliphatic heterocycles. The third-order valence-corrected chi connectivity index (χ3v) is 2.13. The Kier molecular flexibility index (Phi) is 2.88. The first-order chi connectivity index (χ1) is 5.22. The first-order valence-electron chi connectivity index (χ1n) is 4.17. The van der Waals surface area contributed by atoms with Gasteiger partial charge in [0.2, 0.25) is 5.91 Å². The third-order valence-electron chi connectivity index (χ3n) is 2.13. The lowest BCUT2D eigenvalue weighted by molar-refractivity contribution is -0.138. The van der Waals surface area contributed by atoms with Gasteiger partial charge in [0.25, 0.3) is 0 Å². The number of aliphatic hydroxyl groups is 1. The third kappa shape index (κ3) is 2.19. The molecule has 0 spiro atoms. The molecule has 11 heavy (non-hydrogen) atoms. The first-order valence-corrected chi connectivity index (χ1v) is 4.17. The highest BCUT2D eigenvalue weighted by Crippen LogP contribution is 2.14. The summed E-state index contributed by atoms with van der Waals surface area (Å²) in [5, 5.41) is 9.42. The predicted molar refractivity (Wildman–Crippen MR) is 41.9 cm³/mol. The maximum absolute atomic E-state index is 10.9. The van der Waals surface area contributed by atoms with E-state index in [1.54, 1.807) is 4.90 Å². The van der Waals surface area contributed by atoms with Gasteiger partial charge >= 0.3 is 0 Å². The maximum atomic E-state index is 10.9. The van der Waals surface area contributed by atoms with Crippen molar-refractivity contribution in [3.63, 3.8) is 0 Å². The molecular weight excluding hydrogens is 142 g/mol. The van der Waals surface area contributed by atoms with Gasteiger partial charge in [-0.15, -0.1) is 0 Å². The molecule has 1 heterocycles. The van der Waals surface area contributed by atoms with Gasteiger partial charge in [-0.3, -0.25) is 4.79 Å². The fourth-order valence-corrected chi connectivity index (χ4v) is 1.46. The van der Waals surface area contributed by atoms with E-state index in [0.29, 0.717) is 0 Å². The zero-order valence-electron chi connectivity index (χ0n) is 6.92. The highest BCUT2D eigenvalue weighted by Gasteiger charge is 2.19. The molecule has 64 valence electrons. The molecule has 0 aromatic carbocycles. The van der Waals surface area contributed by atoms with Crippen LogP contribution in [0.15, 0.2) is 0 Å². The van der Waals surface area contributed by atoms with Crippen molar-refractivity contribution in [2.75, 3.05) is 6.54 Å². The standard InChI is InChI=1S/C8H15NO2/c1-7(10)9-6-4-2-3-5-8(9)11/h8,11H,2-6H2,1H3. The number of carbonyl (C=O) groups is 1. The van der Waals surface area contributed by atoms with Gasteiger partial charge in [0.05, 0.1) is 0 Å². The van der Waals surface area contributed by atoms with Crippen molar-refractivity contribution in [1.82, 2.24) is 4.90 Å². The number of rotatable bonds is 0. The van der Waals surface area contributed by atoms with Crippen LogP contribution in [0.4, 0.5) is 0 Å². The molecule has 1 atom stereocenters. The van der Waals surface area contributed by atoms with Gasteiger partial charge in [-0.1, -0.05) is 6.42 Å². The second-order valence-electron chi connectivity index (χ2n) is 3.04. The molecule has 0 bridgehead atoms. The minimum Gasteiger partial charge on any atom is -0.374 e. The largest absolute Gasteiger partial charge is 0.374 e. The summed E-state index contributed by atoms with van der Waals surface area (Å²) in [5.41, 5.74) is 0. The molecule has 0 aliphatic carbocycles. The number of hydrogen-bond donors (Lipinski definition) is 1.